The van der Waals surface area contributed by atoms with E-state index in [1.807, 2.05) is 24.8 Å². The quantitative estimate of drug-likeness (QED) is 0.338. The smallest absolute Gasteiger partial charge is 0.433 e. The number of pyridine rings is 2. The highest BCUT2D eigenvalue weighted by Gasteiger charge is 2.33. The molecule has 3 heterocycles. The van der Waals surface area contributed by atoms with E-state index in [0.717, 1.165) is 22.9 Å². The van der Waals surface area contributed by atoms with E-state index in [1.165, 1.54) is 6.07 Å². The van der Waals surface area contributed by atoms with Gasteiger partial charge in [-0.1, -0.05) is 17.7 Å². The molecule has 0 radical (unpaired) electrons. The number of alkyl halides is 3. The number of rotatable bonds is 5. The molecule has 0 saturated carbocycles. The van der Waals surface area contributed by atoms with Crippen molar-refractivity contribution >= 4 is 35.1 Å². The van der Waals surface area contributed by atoms with Crippen molar-refractivity contribution in [3.8, 4) is 11.1 Å². The molecule has 38 heavy (non-hydrogen) atoms. The fourth-order valence-electron chi connectivity index (χ4n) is 4.35. The van der Waals surface area contributed by atoms with Gasteiger partial charge in [0.1, 0.15) is 16.7 Å². The van der Waals surface area contributed by atoms with Crippen LogP contribution in [0.5, 0.6) is 0 Å². The Morgan fingerprint density at radius 2 is 1.82 bits per heavy atom. The number of anilines is 2. The van der Waals surface area contributed by atoms with E-state index in [2.05, 4.69) is 20.6 Å². The predicted octanol–water partition coefficient (Wildman–Crippen LogP) is 6.00. The summed E-state index contributed by atoms with van der Waals surface area (Å²) in [7, 11) is 0. The zero-order valence-electron chi connectivity index (χ0n) is 20.6. The van der Waals surface area contributed by atoms with Gasteiger partial charge in [0.05, 0.1) is 0 Å². The molecule has 1 saturated heterocycles. The first-order chi connectivity index (χ1) is 17.8. The van der Waals surface area contributed by atoms with Gasteiger partial charge >= 0.3 is 12.3 Å². The van der Waals surface area contributed by atoms with Crippen LogP contribution in [0.15, 0.2) is 48.7 Å². The first-order valence-corrected chi connectivity index (χ1v) is 12.1. The van der Waals surface area contributed by atoms with Crippen LogP contribution in [0, 0.1) is 6.92 Å². The van der Waals surface area contributed by atoms with Gasteiger partial charge in [0.2, 0.25) is 0 Å². The first kappa shape index (κ1) is 27.2. The maximum Gasteiger partial charge on any atom is 0.433 e. The lowest BCUT2D eigenvalue weighted by atomic mass is 9.89. The molecule has 0 unspecified atom stereocenters. The maximum absolute atomic E-state index is 13.0. The van der Waals surface area contributed by atoms with E-state index >= 15 is 0 Å². The van der Waals surface area contributed by atoms with Crippen LogP contribution in [0.25, 0.3) is 11.1 Å². The van der Waals surface area contributed by atoms with E-state index in [4.69, 9.17) is 16.7 Å². The Morgan fingerprint density at radius 3 is 2.47 bits per heavy atom. The topological polar surface area (TPSA) is 107 Å². The van der Waals surface area contributed by atoms with Crippen LogP contribution in [0.3, 0.4) is 0 Å². The molecule has 0 atom stereocenters. The third kappa shape index (κ3) is 6.34. The summed E-state index contributed by atoms with van der Waals surface area (Å²) in [5.41, 5.74) is 0.939. The van der Waals surface area contributed by atoms with E-state index < -0.39 is 29.4 Å². The van der Waals surface area contributed by atoms with Crippen molar-refractivity contribution in [1.82, 2.24) is 15.3 Å². The van der Waals surface area contributed by atoms with Crippen molar-refractivity contribution in [3.05, 3.63) is 70.6 Å². The van der Waals surface area contributed by atoms with Crippen molar-refractivity contribution in [2.45, 2.75) is 38.4 Å². The third-order valence-electron chi connectivity index (χ3n) is 6.50. The SMILES string of the molecule is Cc1ccc(NC(=O)c2ccnc(C(F)(F)F)c2)cc1-c1cc(Cl)nc(N2CCC(C)(NC(=O)O)CC2)c1. The molecule has 1 aliphatic rings. The summed E-state index contributed by atoms with van der Waals surface area (Å²) in [6, 6.07) is 10.6. The van der Waals surface area contributed by atoms with Gasteiger partial charge in [0, 0.05) is 36.1 Å². The molecular formula is C26H25ClF3N5O3. The van der Waals surface area contributed by atoms with Gasteiger partial charge < -0.3 is 20.6 Å². The second kappa shape index (κ2) is 10.5. The second-order valence-electron chi connectivity index (χ2n) is 9.43. The van der Waals surface area contributed by atoms with E-state index in [1.54, 1.807) is 24.3 Å². The first-order valence-electron chi connectivity index (χ1n) is 11.7. The lowest BCUT2D eigenvalue weighted by Gasteiger charge is -2.39. The van der Waals surface area contributed by atoms with Gasteiger partial charge in [-0.25, -0.2) is 9.78 Å². The Bertz CT molecular complexity index is 1370. The van der Waals surface area contributed by atoms with Crippen LogP contribution in [0.2, 0.25) is 5.15 Å². The molecule has 0 spiro atoms. The molecule has 2 aromatic heterocycles. The van der Waals surface area contributed by atoms with Gasteiger partial charge in [-0.3, -0.25) is 9.78 Å². The largest absolute Gasteiger partial charge is 0.465 e. The average molecular weight is 548 g/mol. The molecule has 0 aliphatic carbocycles. The number of hydrogen-bond donors (Lipinski definition) is 3. The fraction of sp³-hybridized carbons (Fsp3) is 0.308. The lowest BCUT2D eigenvalue weighted by Crippen LogP contribution is -2.53. The molecule has 0 bridgehead atoms. The average Bonchev–Trinajstić information content (AvgIpc) is 2.84. The molecule has 1 fully saturated rings. The number of halogens is 4. The zero-order chi connectivity index (χ0) is 27.7. The number of amides is 2. The molecule has 3 aromatic rings. The third-order valence-corrected chi connectivity index (χ3v) is 6.69. The highest BCUT2D eigenvalue weighted by atomic mass is 35.5. The fourth-order valence-corrected chi connectivity index (χ4v) is 4.56. The van der Waals surface area contributed by atoms with Crippen molar-refractivity contribution in [2.75, 3.05) is 23.3 Å². The minimum absolute atomic E-state index is 0.168. The van der Waals surface area contributed by atoms with Crippen LogP contribution >= 0.6 is 11.6 Å². The number of aryl methyl sites for hydroxylation is 1. The minimum atomic E-state index is -4.66. The summed E-state index contributed by atoms with van der Waals surface area (Å²) < 4.78 is 39.0. The molecule has 1 aromatic carbocycles. The summed E-state index contributed by atoms with van der Waals surface area (Å²) in [6.07, 6.45) is -3.59. The monoisotopic (exact) mass is 547 g/mol. The summed E-state index contributed by atoms with van der Waals surface area (Å²) in [5.74, 6) is -0.0670. The molecule has 200 valence electrons. The van der Waals surface area contributed by atoms with Crippen molar-refractivity contribution in [3.63, 3.8) is 0 Å². The van der Waals surface area contributed by atoms with Crippen LogP contribution < -0.4 is 15.5 Å². The highest BCUT2D eigenvalue weighted by Crippen LogP contribution is 2.33. The lowest BCUT2D eigenvalue weighted by molar-refractivity contribution is -0.141. The Kier molecular flexibility index (Phi) is 7.50. The van der Waals surface area contributed by atoms with Crippen LogP contribution in [-0.4, -0.2) is 45.7 Å². The molecule has 3 N–H and O–H groups in total. The van der Waals surface area contributed by atoms with Crippen molar-refractivity contribution in [1.29, 1.82) is 0 Å². The highest BCUT2D eigenvalue weighted by molar-refractivity contribution is 6.29. The minimum Gasteiger partial charge on any atom is -0.465 e. The van der Waals surface area contributed by atoms with Crippen molar-refractivity contribution < 1.29 is 27.9 Å². The number of nitrogens with zero attached hydrogens (tertiary/aromatic N) is 3. The summed E-state index contributed by atoms with van der Waals surface area (Å²) >= 11 is 6.36. The Morgan fingerprint density at radius 1 is 1.11 bits per heavy atom. The van der Waals surface area contributed by atoms with E-state index in [-0.39, 0.29) is 10.7 Å². The summed E-state index contributed by atoms with van der Waals surface area (Å²) in [6.45, 7) is 4.90. The number of nitrogens with one attached hydrogen (secondary N) is 2. The number of hydrogen-bond acceptors (Lipinski definition) is 5. The van der Waals surface area contributed by atoms with Crippen molar-refractivity contribution in [2.24, 2.45) is 0 Å². The zero-order valence-corrected chi connectivity index (χ0v) is 21.3. The van der Waals surface area contributed by atoms with Gasteiger partial charge in [-0.05, 0) is 79.8 Å². The van der Waals surface area contributed by atoms with E-state index in [0.29, 0.717) is 43.5 Å². The summed E-state index contributed by atoms with van der Waals surface area (Å²) in [5, 5.41) is 14.6. The number of benzene rings is 1. The van der Waals surface area contributed by atoms with Gasteiger partial charge in [0.25, 0.3) is 5.91 Å². The number of carboxylic acid groups (broad SMARTS) is 1. The standard InChI is InChI=1S/C26H25ClF3N5O3/c1-15-3-4-18(32-23(36)16-5-8-31-20(11-16)26(28,29)30)14-19(15)17-12-21(27)33-22(13-17)35-9-6-25(2,7-10-35)34-24(37)38/h3-5,8,11-14,34H,6-7,9-10H2,1-2H3,(H,32,36)(H,37,38). The number of carbonyl (C=O) groups is 2. The Hall–Kier alpha value is -3.86. The Balaban J connectivity index is 1.56. The van der Waals surface area contributed by atoms with Gasteiger partial charge in [0.15, 0.2) is 0 Å². The second-order valence-corrected chi connectivity index (χ2v) is 9.81. The molecule has 1 aliphatic heterocycles. The predicted molar refractivity (Wildman–Crippen MR) is 138 cm³/mol. The Labute approximate surface area is 221 Å². The molecule has 8 nitrogen and oxygen atoms in total. The van der Waals surface area contributed by atoms with Crippen LogP contribution in [0.4, 0.5) is 29.5 Å². The summed E-state index contributed by atoms with van der Waals surface area (Å²) in [4.78, 5) is 33.5. The maximum atomic E-state index is 13.0. The molecule has 2 amide bonds. The van der Waals surface area contributed by atoms with Gasteiger partial charge in [-0.15, -0.1) is 0 Å². The molecule has 12 heteroatoms. The van der Waals surface area contributed by atoms with Gasteiger partial charge in [-0.2, -0.15) is 13.2 Å². The number of carbonyl (C=O) groups excluding carboxylic acids is 1. The number of aromatic nitrogens is 2. The normalized spacial score (nSPS) is 15.2. The van der Waals surface area contributed by atoms with Crippen LogP contribution in [0.1, 0.15) is 41.4 Å². The molecular weight excluding hydrogens is 523 g/mol. The van der Waals surface area contributed by atoms with Crippen LogP contribution in [-0.2, 0) is 6.18 Å². The number of piperidine rings is 1. The van der Waals surface area contributed by atoms with E-state index in [9.17, 15) is 22.8 Å². The molecule has 4 rings (SSSR count).